The number of sulfone groups is 1. The summed E-state index contributed by atoms with van der Waals surface area (Å²) in [6, 6.07) is 16.1. The van der Waals surface area contributed by atoms with Gasteiger partial charge in [-0.05, 0) is 37.1 Å². The molecule has 0 bridgehead atoms. The second-order valence-electron chi connectivity index (χ2n) is 6.60. The Labute approximate surface area is 161 Å². The number of aliphatic imine (C=N–C) groups is 1. The van der Waals surface area contributed by atoms with Gasteiger partial charge in [-0.15, -0.1) is 0 Å². The standard InChI is InChI=1S/C20H27N3O3S/c1-4-21-19(23-15-20(2,24)17-8-6-5-7-9-17)22-14-16-10-12-18(13-11-16)27(3,25)26/h5-13,24H,4,14-15H2,1-3H3,(H2,21,22,23). The van der Waals surface area contributed by atoms with E-state index in [2.05, 4.69) is 15.6 Å². The molecule has 2 aromatic carbocycles. The monoisotopic (exact) mass is 389 g/mol. The first-order chi connectivity index (χ1) is 12.7. The van der Waals surface area contributed by atoms with Crippen molar-refractivity contribution in [2.24, 2.45) is 4.99 Å². The Morgan fingerprint density at radius 1 is 1.07 bits per heavy atom. The lowest BCUT2D eigenvalue weighted by atomic mass is 9.96. The summed E-state index contributed by atoms with van der Waals surface area (Å²) in [6.07, 6.45) is 1.19. The molecule has 0 aliphatic heterocycles. The van der Waals surface area contributed by atoms with Crippen LogP contribution in [0.15, 0.2) is 64.5 Å². The van der Waals surface area contributed by atoms with Crippen LogP contribution in [-0.2, 0) is 22.0 Å². The van der Waals surface area contributed by atoms with Gasteiger partial charge >= 0.3 is 0 Å². The molecule has 0 saturated carbocycles. The van der Waals surface area contributed by atoms with Gasteiger partial charge in [0.05, 0.1) is 18.0 Å². The van der Waals surface area contributed by atoms with E-state index in [1.165, 1.54) is 6.26 Å². The summed E-state index contributed by atoms with van der Waals surface area (Å²) in [6.45, 7) is 5.10. The van der Waals surface area contributed by atoms with Crippen molar-refractivity contribution in [1.29, 1.82) is 0 Å². The fraction of sp³-hybridized carbons (Fsp3) is 0.350. The number of aliphatic hydroxyl groups is 1. The highest BCUT2D eigenvalue weighted by atomic mass is 32.2. The zero-order valence-electron chi connectivity index (χ0n) is 15.9. The van der Waals surface area contributed by atoms with Crippen molar-refractivity contribution in [3.05, 3.63) is 65.7 Å². The molecule has 0 aliphatic carbocycles. The van der Waals surface area contributed by atoms with Crippen LogP contribution >= 0.6 is 0 Å². The van der Waals surface area contributed by atoms with Crippen LogP contribution in [0, 0.1) is 0 Å². The van der Waals surface area contributed by atoms with Crippen LogP contribution in [0.3, 0.4) is 0 Å². The van der Waals surface area contributed by atoms with E-state index in [1.54, 1.807) is 31.2 Å². The van der Waals surface area contributed by atoms with Crippen LogP contribution in [0.25, 0.3) is 0 Å². The van der Waals surface area contributed by atoms with E-state index in [1.807, 2.05) is 37.3 Å². The molecule has 6 nitrogen and oxygen atoms in total. The fourth-order valence-corrected chi connectivity index (χ4v) is 3.14. The van der Waals surface area contributed by atoms with E-state index in [0.29, 0.717) is 30.5 Å². The molecule has 27 heavy (non-hydrogen) atoms. The normalized spacial score (nSPS) is 14.4. The summed E-state index contributed by atoms with van der Waals surface area (Å²) >= 11 is 0. The smallest absolute Gasteiger partial charge is 0.191 e. The lowest BCUT2D eigenvalue weighted by molar-refractivity contribution is 0.0617. The second-order valence-corrected chi connectivity index (χ2v) is 8.62. The molecular formula is C20H27N3O3S. The van der Waals surface area contributed by atoms with Crippen LogP contribution in [0.1, 0.15) is 25.0 Å². The minimum Gasteiger partial charge on any atom is -0.384 e. The van der Waals surface area contributed by atoms with Gasteiger partial charge in [0.25, 0.3) is 0 Å². The predicted molar refractivity (Wildman–Crippen MR) is 108 cm³/mol. The zero-order valence-corrected chi connectivity index (χ0v) is 16.8. The maximum atomic E-state index is 11.5. The number of guanidine groups is 1. The summed E-state index contributed by atoms with van der Waals surface area (Å²) in [5.41, 5.74) is 0.688. The van der Waals surface area contributed by atoms with Gasteiger partial charge < -0.3 is 15.7 Å². The topological polar surface area (TPSA) is 90.8 Å². The maximum Gasteiger partial charge on any atom is 0.191 e. The SMILES string of the molecule is CCNC(=NCc1ccc(S(C)(=O)=O)cc1)NCC(C)(O)c1ccccc1. The molecule has 0 saturated heterocycles. The van der Waals surface area contributed by atoms with E-state index < -0.39 is 15.4 Å². The van der Waals surface area contributed by atoms with Crippen LogP contribution in [0.2, 0.25) is 0 Å². The van der Waals surface area contributed by atoms with Gasteiger partial charge in [0.1, 0.15) is 5.60 Å². The molecule has 0 spiro atoms. The molecule has 1 atom stereocenters. The third kappa shape index (κ3) is 6.37. The Kier molecular flexibility index (Phi) is 6.98. The average Bonchev–Trinajstić information content (AvgIpc) is 2.64. The number of benzene rings is 2. The van der Waals surface area contributed by atoms with Gasteiger partial charge in [-0.25, -0.2) is 13.4 Å². The van der Waals surface area contributed by atoms with Crippen molar-refractivity contribution >= 4 is 15.8 Å². The molecule has 0 heterocycles. The molecular weight excluding hydrogens is 362 g/mol. The Morgan fingerprint density at radius 3 is 2.26 bits per heavy atom. The Bertz CT molecular complexity index is 861. The molecule has 2 aromatic rings. The largest absolute Gasteiger partial charge is 0.384 e. The number of hydrogen-bond donors (Lipinski definition) is 3. The summed E-state index contributed by atoms with van der Waals surface area (Å²) in [4.78, 5) is 4.80. The minimum atomic E-state index is -3.20. The maximum absolute atomic E-state index is 11.5. The van der Waals surface area contributed by atoms with Crippen molar-refractivity contribution < 1.29 is 13.5 Å². The lowest BCUT2D eigenvalue weighted by Gasteiger charge is -2.25. The summed E-state index contributed by atoms with van der Waals surface area (Å²) in [5.74, 6) is 0.584. The molecule has 146 valence electrons. The van der Waals surface area contributed by atoms with Gasteiger partial charge in [0.15, 0.2) is 15.8 Å². The minimum absolute atomic E-state index is 0.291. The van der Waals surface area contributed by atoms with Crippen LogP contribution in [0.5, 0.6) is 0 Å². The number of nitrogens with zero attached hydrogens (tertiary/aromatic N) is 1. The second kappa shape index (κ2) is 9.01. The number of hydrogen-bond acceptors (Lipinski definition) is 4. The zero-order chi connectivity index (χ0) is 19.9. The van der Waals surface area contributed by atoms with Crippen molar-refractivity contribution in [3.63, 3.8) is 0 Å². The highest BCUT2D eigenvalue weighted by Gasteiger charge is 2.22. The molecule has 2 rings (SSSR count). The third-order valence-electron chi connectivity index (χ3n) is 4.11. The highest BCUT2D eigenvalue weighted by Crippen LogP contribution is 2.18. The van der Waals surface area contributed by atoms with Crippen molar-refractivity contribution in [2.45, 2.75) is 30.9 Å². The van der Waals surface area contributed by atoms with Gasteiger partial charge in [-0.2, -0.15) is 0 Å². The quantitative estimate of drug-likeness (QED) is 0.498. The molecule has 1 unspecified atom stereocenters. The van der Waals surface area contributed by atoms with Crippen LogP contribution in [0.4, 0.5) is 0 Å². The molecule has 0 aliphatic rings. The van der Waals surface area contributed by atoms with Crippen molar-refractivity contribution in [2.75, 3.05) is 19.3 Å². The van der Waals surface area contributed by atoms with Gasteiger partial charge in [0.2, 0.25) is 0 Å². The first-order valence-corrected chi connectivity index (χ1v) is 10.7. The van der Waals surface area contributed by atoms with E-state index >= 15 is 0 Å². The molecule has 7 heteroatoms. The van der Waals surface area contributed by atoms with E-state index in [-0.39, 0.29) is 0 Å². The van der Waals surface area contributed by atoms with E-state index in [9.17, 15) is 13.5 Å². The first kappa shape index (κ1) is 20.9. The Morgan fingerprint density at radius 2 is 1.70 bits per heavy atom. The summed E-state index contributed by atoms with van der Waals surface area (Å²) in [7, 11) is -3.20. The molecule has 0 amide bonds. The number of nitrogens with one attached hydrogen (secondary N) is 2. The average molecular weight is 390 g/mol. The van der Waals surface area contributed by atoms with Gasteiger partial charge in [-0.3, -0.25) is 0 Å². The van der Waals surface area contributed by atoms with E-state index in [0.717, 1.165) is 11.1 Å². The molecule has 3 N–H and O–H groups in total. The fourth-order valence-electron chi connectivity index (χ4n) is 2.51. The lowest BCUT2D eigenvalue weighted by Crippen LogP contribution is -2.44. The Hall–Kier alpha value is -2.38. The van der Waals surface area contributed by atoms with E-state index in [4.69, 9.17) is 0 Å². The molecule has 0 aromatic heterocycles. The Balaban J connectivity index is 2.04. The molecule has 0 radical (unpaired) electrons. The van der Waals surface area contributed by atoms with Crippen molar-refractivity contribution in [1.82, 2.24) is 10.6 Å². The third-order valence-corrected chi connectivity index (χ3v) is 5.24. The number of rotatable bonds is 7. The summed E-state index contributed by atoms with van der Waals surface area (Å²) < 4.78 is 23.0. The highest BCUT2D eigenvalue weighted by molar-refractivity contribution is 7.90. The summed E-state index contributed by atoms with van der Waals surface area (Å²) in [5, 5.41) is 17.0. The van der Waals surface area contributed by atoms with Crippen LogP contribution in [-0.4, -0.2) is 38.8 Å². The van der Waals surface area contributed by atoms with Crippen LogP contribution < -0.4 is 10.6 Å². The predicted octanol–water partition coefficient (Wildman–Crippen LogP) is 2.05. The van der Waals surface area contributed by atoms with Crippen molar-refractivity contribution in [3.8, 4) is 0 Å². The van der Waals surface area contributed by atoms with Gasteiger partial charge in [-0.1, -0.05) is 42.5 Å². The van der Waals surface area contributed by atoms with Gasteiger partial charge in [0, 0.05) is 12.8 Å². The molecule has 0 fully saturated rings. The first-order valence-electron chi connectivity index (χ1n) is 8.81.